The highest BCUT2D eigenvalue weighted by atomic mass is 16.3. The number of aromatic hydroxyl groups is 1. The van der Waals surface area contributed by atoms with Crippen molar-refractivity contribution in [2.75, 3.05) is 13.1 Å². The fourth-order valence-corrected chi connectivity index (χ4v) is 3.04. The molecule has 0 aliphatic carbocycles. The highest BCUT2D eigenvalue weighted by Crippen LogP contribution is 2.27. The van der Waals surface area contributed by atoms with Crippen LogP contribution in [0.2, 0.25) is 0 Å². The Balaban J connectivity index is 1.91. The van der Waals surface area contributed by atoms with Gasteiger partial charge in [0.1, 0.15) is 5.75 Å². The van der Waals surface area contributed by atoms with Gasteiger partial charge in [0.05, 0.1) is 5.56 Å². The number of phenolic OH excluding ortho intramolecular Hbond substituents is 1. The van der Waals surface area contributed by atoms with Crippen LogP contribution < -0.4 is 0 Å². The number of fused-ring (bicyclic) bond motifs is 1. The van der Waals surface area contributed by atoms with Crippen molar-refractivity contribution in [3.63, 3.8) is 0 Å². The van der Waals surface area contributed by atoms with Crippen LogP contribution in [0.5, 0.6) is 5.75 Å². The second-order valence-corrected chi connectivity index (χ2v) is 6.04. The van der Waals surface area contributed by atoms with Crippen molar-refractivity contribution in [2.45, 2.75) is 26.2 Å². The second kappa shape index (κ2) is 5.76. The lowest BCUT2D eigenvalue weighted by Crippen LogP contribution is -2.32. The lowest BCUT2D eigenvalue weighted by molar-refractivity contribution is 0.0757. The number of hydrogen-bond acceptors (Lipinski definition) is 2. The van der Waals surface area contributed by atoms with E-state index in [-0.39, 0.29) is 11.7 Å². The number of phenols is 1. The van der Waals surface area contributed by atoms with Gasteiger partial charge in [-0.3, -0.25) is 4.79 Å². The van der Waals surface area contributed by atoms with Gasteiger partial charge < -0.3 is 10.0 Å². The zero-order chi connectivity index (χ0) is 14.8. The van der Waals surface area contributed by atoms with E-state index in [1.165, 1.54) is 6.42 Å². The van der Waals surface area contributed by atoms with Crippen LogP contribution in [-0.4, -0.2) is 29.0 Å². The summed E-state index contributed by atoms with van der Waals surface area (Å²) in [5.74, 6) is 0.705. The molecule has 1 atom stereocenters. The average molecular weight is 283 g/mol. The Kier molecular flexibility index (Phi) is 3.82. The molecule has 1 N–H and O–H groups in total. The fourth-order valence-electron chi connectivity index (χ4n) is 3.04. The Hall–Kier alpha value is -2.03. The van der Waals surface area contributed by atoms with Crippen molar-refractivity contribution in [2.24, 2.45) is 5.92 Å². The molecule has 0 radical (unpaired) electrons. The highest BCUT2D eigenvalue weighted by Gasteiger charge is 2.22. The molecule has 0 saturated carbocycles. The predicted octanol–water partition coefficient (Wildman–Crippen LogP) is 3.81. The van der Waals surface area contributed by atoms with Gasteiger partial charge in [0.2, 0.25) is 0 Å². The number of carbonyl (C=O) groups excluding carboxylic acids is 1. The summed E-state index contributed by atoms with van der Waals surface area (Å²) in [5, 5.41) is 12.1. The van der Waals surface area contributed by atoms with Gasteiger partial charge in [-0.25, -0.2) is 0 Å². The maximum Gasteiger partial charge on any atom is 0.257 e. The number of rotatable bonds is 1. The van der Waals surface area contributed by atoms with Gasteiger partial charge in [-0.05, 0) is 48.1 Å². The van der Waals surface area contributed by atoms with Gasteiger partial charge in [-0.2, -0.15) is 0 Å². The molecular formula is C18H21NO2. The van der Waals surface area contributed by atoms with E-state index >= 15 is 0 Å². The molecule has 21 heavy (non-hydrogen) atoms. The van der Waals surface area contributed by atoms with E-state index in [0.717, 1.165) is 36.7 Å². The van der Waals surface area contributed by atoms with Crippen molar-refractivity contribution < 1.29 is 9.90 Å². The highest BCUT2D eigenvalue weighted by molar-refractivity contribution is 6.01. The molecule has 110 valence electrons. The van der Waals surface area contributed by atoms with Gasteiger partial charge in [-0.15, -0.1) is 0 Å². The maximum absolute atomic E-state index is 12.7. The zero-order valence-electron chi connectivity index (χ0n) is 12.4. The minimum absolute atomic E-state index is 0.0487. The van der Waals surface area contributed by atoms with Crippen LogP contribution >= 0.6 is 0 Å². The fraction of sp³-hybridized carbons (Fsp3) is 0.389. The standard InChI is InChI=1S/C18H21NO2/c1-13-5-4-9-19(10-8-13)18(21)16-11-14-6-2-3-7-15(14)12-17(16)20/h2-3,6-7,11-13,20H,4-5,8-10H2,1H3. The summed E-state index contributed by atoms with van der Waals surface area (Å²) in [6, 6.07) is 11.3. The molecule has 1 saturated heterocycles. The lowest BCUT2D eigenvalue weighted by Gasteiger charge is -2.21. The molecule has 1 heterocycles. The van der Waals surface area contributed by atoms with Gasteiger partial charge in [0, 0.05) is 13.1 Å². The Morgan fingerprint density at radius 1 is 1.14 bits per heavy atom. The number of hydrogen-bond donors (Lipinski definition) is 1. The number of benzene rings is 2. The third kappa shape index (κ3) is 2.87. The molecule has 0 bridgehead atoms. The van der Waals surface area contributed by atoms with E-state index in [4.69, 9.17) is 0 Å². The first-order valence-corrected chi connectivity index (χ1v) is 7.66. The monoisotopic (exact) mass is 283 g/mol. The first-order chi connectivity index (χ1) is 10.1. The molecular weight excluding hydrogens is 262 g/mol. The van der Waals surface area contributed by atoms with E-state index in [2.05, 4.69) is 6.92 Å². The van der Waals surface area contributed by atoms with E-state index < -0.39 is 0 Å². The van der Waals surface area contributed by atoms with E-state index in [1.54, 1.807) is 12.1 Å². The minimum atomic E-state index is -0.0487. The maximum atomic E-state index is 12.7. The summed E-state index contributed by atoms with van der Waals surface area (Å²) in [7, 11) is 0. The van der Waals surface area contributed by atoms with Gasteiger partial charge in [0.15, 0.2) is 0 Å². The molecule has 1 amide bonds. The number of amides is 1. The van der Waals surface area contributed by atoms with E-state index in [9.17, 15) is 9.90 Å². The molecule has 1 unspecified atom stereocenters. The Morgan fingerprint density at radius 2 is 1.86 bits per heavy atom. The Morgan fingerprint density at radius 3 is 2.62 bits per heavy atom. The first kappa shape index (κ1) is 13.9. The van der Waals surface area contributed by atoms with Gasteiger partial charge >= 0.3 is 0 Å². The molecule has 1 aliphatic heterocycles. The second-order valence-electron chi connectivity index (χ2n) is 6.04. The minimum Gasteiger partial charge on any atom is -0.507 e. The van der Waals surface area contributed by atoms with Crippen LogP contribution in [0.15, 0.2) is 36.4 Å². The molecule has 3 rings (SSSR count). The van der Waals surface area contributed by atoms with Gasteiger partial charge in [0.25, 0.3) is 5.91 Å². The normalized spacial score (nSPS) is 19.5. The first-order valence-electron chi connectivity index (χ1n) is 7.66. The summed E-state index contributed by atoms with van der Waals surface area (Å²) in [5.41, 5.74) is 0.420. The van der Waals surface area contributed by atoms with Crippen LogP contribution in [0.1, 0.15) is 36.5 Å². The average Bonchev–Trinajstić information content (AvgIpc) is 2.70. The molecule has 2 aromatic carbocycles. The quantitative estimate of drug-likeness (QED) is 0.864. The smallest absolute Gasteiger partial charge is 0.257 e. The molecule has 3 nitrogen and oxygen atoms in total. The zero-order valence-corrected chi connectivity index (χ0v) is 12.4. The lowest BCUT2D eigenvalue weighted by atomic mass is 10.0. The van der Waals surface area contributed by atoms with Crippen molar-refractivity contribution in [3.05, 3.63) is 42.0 Å². The summed E-state index contributed by atoms with van der Waals surface area (Å²) in [6.45, 7) is 3.81. The molecule has 1 fully saturated rings. The third-order valence-electron chi connectivity index (χ3n) is 4.40. The van der Waals surface area contributed by atoms with Gasteiger partial charge in [-0.1, -0.05) is 31.2 Å². The SMILES string of the molecule is CC1CCCN(C(=O)c2cc3ccccc3cc2O)CC1. The van der Waals surface area contributed by atoms with Crippen LogP contribution in [-0.2, 0) is 0 Å². The van der Waals surface area contributed by atoms with Crippen molar-refractivity contribution in [3.8, 4) is 5.75 Å². The predicted molar refractivity (Wildman–Crippen MR) is 84.5 cm³/mol. The molecule has 1 aliphatic rings. The molecule has 2 aromatic rings. The Labute approximate surface area is 125 Å². The summed E-state index contributed by atoms with van der Waals surface area (Å²) in [4.78, 5) is 14.6. The largest absolute Gasteiger partial charge is 0.507 e. The van der Waals surface area contributed by atoms with Crippen molar-refractivity contribution in [1.29, 1.82) is 0 Å². The third-order valence-corrected chi connectivity index (χ3v) is 4.40. The van der Waals surface area contributed by atoms with Crippen molar-refractivity contribution in [1.82, 2.24) is 4.90 Å². The number of carbonyl (C=O) groups is 1. The summed E-state index contributed by atoms with van der Waals surface area (Å²) in [6.07, 6.45) is 3.26. The van der Waals surface area contributed by atoms with Crippen LogP contribution in [0, 0.1) is 5.92 Å². The Bertz CT molecular complexity index is 665. The van der Waals surface area contributed by atoms with Crippen LogP contribution in [0.4, 0.5) is 0 Å². The number of likely N-dealkylation sites (tertiary alicyclic amines) is 1. The summed E-state index contributed by atoms with van der Waals surface area (Å²) >= 11 is 0. The number of nitrogens with zero attached hydrogens (tertiary/aromatic N) is 1. The molecule has 0 spiro atoms. The topological polar surface area (TPSA) is 40.5 Å². The van der Waals surface area contributed by atoms with Crippen LogP contribution in [0.25, 0.3) is 10.8 Å². The van der Waals surface area contributed by atoms with Crippen LogP contribution in [0.3, 0.4) is 0 Å². The summed E-state index contributed by atoms with van der Waals surface area (Å²) < 4.78 is 0. The van der Waals surface area contributed by atoms with E-state index in [1.807, 2.05) is 29.2 Å². The van der Waals surface area contributed by atoms with Crippen molar-refractivity contribution >= 4 is 16.7 Å². The van der Waals surface area contributed by atoms with E-state index in [0.29, 0.717) is 11.5 Å². The molecule has 3 heteroatoms. The molecule has 0 aromatic heterocycles.